The van der Waals surface area contributed by atoms with Crippen molar-refractivity contribution < 1.29 is 28.3 Å². The Morgan fingerprint density at radius 1 is 1.00 bits per heavy atom. The van der Waals surface area contributed by atoms with Crippen LogP contribution in [-0.2, 0) is 16.1 Å². The zero-order chi connectivity index (χ0) is 24.9. The quantitative estimate of drug-likeness (QED) is 0.367. The van der Waals surface area contributed by atoms with Gasteiger partial charge in [-0.05, 0) is 49.2 Å². The monoisotopic (exact) mass is 474 g/mol. The molecule has 0 spiro atoms. The van der Waals surface area contributed by atoms with E-state index in [2.05, 4.69) is 5.32 Å². The van der Waals surface area contributed by atoms with Crippen LogP contribution in [0.2, 0.25) is 0 Å². The smallest absolute Gasteiger partial charge is 0.338 e. The van der Waals surface area contributed by atoms with Gasteiger partial charge < -0.3 is 14.5 Å². The van der Waals surface area contributed by atoms with Crippen molar-refractivity contribution in [1.29, 1.82) is 0 Å². The van der Waals surface area contributed by atoms with E-state index in [1.165, 1.54) is 31.4 Å². The van der Waals surface area contributed by atoms with E-state index >= 15 is 0 Å². The molecule has 35 heavy (non-hydrogen) atoms. The number of rotatable bonds is 9. The molecule has 180 valence electrons. The topological polar surface area (TPSA) is 106 Å². The lowest BCUT2D eigenvalue weighted by Gasteiger charge is -2.21. The Hall–Kier alpha value is -4.20. The average Bonchev–Trinajstić information content (AvgIpc) is 3.47. The number of ether oxygens (including phenoxy) is 1. The number of amides is 3. The van der Waals surface area contributed by atoms with E-state index in [9.17, 15) is 19.2 Å². The highest BCUT2D eigenvalue weighted by Crippen LogP contribution is 2.26. The number of esters is 1. The number of fused-ring (bicyclic) bond motifs is 1. The fourth-order valence-corrected chi connectivity index (χ4v) is 3.99. The first-order valence-electron chi connectivity index (χ1n) is 11.5. The SMILES string of the molecule is CCCC(NC(=O)C(C)OC(=O)c1ccc2c(c1)C(=O)N(Cc1ccco1)C2=O)c1ccccc1. The first kappa shape index (κ1) is 23.9. The van der Waals surface area contributed by atoms with Crippen LogP contribution in [0.5, 0.6) is 0 Å². The van der Waals surface area contributed by atoms with Gasteiger partial charge in [0.1, 0.15) is 5.76 Å². The normalized spacial score (nSPS) is 14.4. The van der Waals surface area contributed by atoms with E-state index < -0.39 is 29.8 Å². The van der Waals surface area contributed by atoms with Crippen LogP contribution in [0.15, 0.2) is 71.3 Å². The van der Waals surface area contributed by atoms with Crippen molar-refractivity contribution in [2.24, 2.45) is 0 Å². The Kier molecular flexibility index (Phi) is 7.10. The fourth-order valence-electron chi connectivity index (χ4n) is 3.99. The van der Waals surface area contributed by atoms with Gasteiger partial charge in [0, 0.05) is 0 Å². The highest BCUT2D eigenvalue weighted by atomic mass is 16.5. The molecule has 1 aromatic heterocycles. The van der Waals surface area contributed by atoms with Crippen molar-refractivity contribution in [3.8, 4) is 0 Å². The van der Waals surface area contributed by atoms with E-state index in [1.54, 1.807) is 12.1 Å². The molecule has 2 atom stereocenters. The summed E-state index contributed by atoms with van der Waals surface area (Å²) in [5.41, 5.74) is 1.37. The minimum Gasteiger partial charge on any atom is -0.467 e. The van der Waals surface area contributed by atoms with Crippen LogP contribution in [0.1, 0.15) is 75.1 Å². The van der Waals surface area contributed by atoms with Crippen LogP contribution in [0, 0.1) is 0 Å². The molecular formula is C27H26N2O6. The van der Waals surface area contributed by atoms with Crippen molar-refractivity contribution >= 4 is 23.7 Å². The van der Waals surface area contributed by atoms with Gasteiger partial charge >= 0.3 is 5.97 Å². The summed E-state index contributed by atoms with van der Waals surface area (Å²) in [6.45, 7) is 3.52. The number of carbonyl (C=O) groups excluding carboxylic acids is 4. The van der Waals surface area contributed by atoms with E-state index in [1.807, 2.05) is 37.3 Å². The highest BCUT2D eigenvalue weighted by molar-refractivity contribution is 6.21. The summed E-state index contributed by atoms with van der Waals surface area (Å²) in [5, 5.41) is 2.94. The molecule has 8 nitrogen and oxygen atoms in total. The Labute approximate surface area is 202 Å². The number of benzene rings is 2. The Bertz CT molecular complexity index is 1240. The van der Waals surface area contributed by atoms with E-state index in [4.69, 9.17) is 9.15 Å². The van der Waals surface area contributed by atoms with E-state index in [-0.39, 0.29) is 29.3 Å². The molecule has 4 rings (SSSR count). The lowest BCUT2D eigenvalue weighted by Crippen LogP contribution is -2.38. The molecular weight excluding hydrogens is 448 g/mol. The third-order valence-corrected chi connectivity index (χ3v) is 5.85. The minimum atomic E-state index is -1.05. The molecule has 0 saturated heterocycles. The van der Waals surface area contributed by atoms with Crippen LogP contribution in [0.3, 0.4) is 0 Å². The second-order valence-electron chi connectivity index (χ2n) is 8.34. The molecule has 0 saturated carbocycles. The molecule has 0 radical (unpaired) electrons. The fraction of sp³-hybridized carbons (Fsp3) is 0.259. The van der Waals surface area contributed by atoms with Crippen LogP contribution < -0.4 is 5.32 Å². The third kappa shape index (κ3) is 5.16. The summed E-state index contributed by atoms with van der Waals surface area (Å²) in [5.74, 6) is -1.69. The molecule has 0 fully saturated rings. The number of furan rings is 1. The van der Waals surface area contributed by atoms with Crippen LogP contribution in [0.25, 0.3) is 0 Å². The van der Waals surface area contributed by atoms with Crippen molar-refractivity contribution in [2.75, 3.05) is 0 Å². The lowest BCUT2D eigenvalue weighted by atomic mass is 10.0. The number of hydrogen-bond acceptors (Lipinski definition) is 6. The molecule has 0 bridgehead atoms. The largest absolute Gasteiger partial charge is 0.467 e. The number of imide groups is 1. The van der Waals surface area contributed by atoms with Crippen molar-refractivity contribution in [1.82, 2.24) is 10.2 Å². The molecule has 1 aliphatic heterocycles. The molecule has 0 aliphatic carbocycles. The Morgan fingerprint density at radius 2 is 1.74 bits per heavy atom. The van der Waals surface area contributed by atoms with Gasteiger partial charge in [-0.3, -0.25) is 19.3 Å². The van der Waals surface area contributed by atoms with Gasteiger partial charge in [0.2, 0.25) is 0 Å². The average molecular weight is 475 g/mol. The van der Waals surface area contributed by atoms with Gasteiger partial charge in [0.15, 0.2) is 6.10 Å². The third-order valence-electron chi connectivity index (χ3n) is 5.85. The van der Waals surface area contributed by atoms with Crippen molar-refractivity contribution in [3.63, 3.8) is 0 Å². The predicted molar refractivity (Wildman–Crippen MR) is 126 cm³/mol. The second kappa shape index (κ2) is 10.4. The maximum absolute atomic E-state index is 12.8. The van der Waals surface area contributed by atoms with Crippen molar-refractivity contribution in [2.45, 2.75) is 45.4 Å². The standard InChI is InChI=1S/C27H26N2O6/c1-3-8-23(18-9-5-4-6-10-18)28-24(30)17(2)35-27(33)19-12-13-21-22(15-19)26(32)29(25(21)31)16-20-11-7-14-34-20/h4-7,9-15,17,23H,3,8,16H2,1-2H3,(H,28,30). The van der Waals surface area contributed by atoms with Crippen LogP contribution in [-0.4, -0.2) is 34.7 Å². The number of hydrogen-bond donors (Lipinski definition) is 1. The molecule has 1 N–H and O–H groups in total. The molecule has 1 aliphatic rings. The van der Waals surface area contributed by atoms with Gasteiger partial charge in [-0.2, -0.15) is 0 Å². The van der Waals surface area contributed by atoms with Crippen LogP contribution >= 0.6 is 0 Å². The maximum Gasteiger partial charge on any atom is 0.338 e. The second-order valence-corrected chi connectivity index (χ2v) is 8.34. The Morgan fingerprint density at radius 3 is 2.43 bits per heavy atom. The molecule has 8 heteroatoms. The zero-order valence-corrected chi connectivity index (χ0v) is 19.5. The molecule has 2 unspecified atom stereocenters. The summed E-state index contributed by atoms with van der Waals surface area (Å²) in [6.07, 6.45) is 2.02. The van der Waals surface area contributed by atoms with Gasteiger partial charge in [0.25, 0.3) is 17.7 Å². The zero-order valence-electron chi connectivity index (χ0n) is 19.5. The van der Waals surface area contributed by atoms with Gasteiger partial charge in [-0.25, -0.2) is 4.79 Å². The summed E-state index contributed by atoms with van der Waals surface area (Å²) in [6, 6.07) is 16.9. The molecule has 2 heterocycles. The van der Waals surface area contributed by atoms with Gasteiger partial charge in [0.05, 0.1) is 35.5 Å². The van der Waals surface area contributed by atoms with Gasteiger partial charge in [-0.1, -0.05) is 43.7 Å². The predicted octanol–water partition coefficient (Wildman–Crippen LogP) is 4.28. The minimum absolute atomic E-state index is 0.00330. The lowest BCUT2D eigenvalue weighted by molar-refractivity contribution is -0.129. The first-order valence-corrected chi connectivity index (χ1v) is 11.5. The Balaban J connectivity index is 1.42. The molecule has 3 amide bonds. The number of nitrogens with zero attached hydrogens (tertiary/aromatic N) is 1. The number of nitrogens with one attached hydrogen (secondary N) is 1. The van der Waals surface area contributed by atoms with Gasteiger partial charge in [-0.15, -0.1) is 0 Å². The van der Waals surface area contributed by atoms with Crippen LogP contribution in [0.4, 0.5) is 0 Å². The number of carbonyl (C=O) groups is 4. The van der Waals surface area contributed by atoms with E-state index in [0.717, 1.165) is 23.3 Å². The molecule has 3 aromatic rings. The maximum atomic E-state index is 12.8. The first-order chi connectivity index (χ1) is 16.9. The van der Waals surface area contributed by atoms with E-state index in [0.29, 0.717) is 5.76 Å². The summed E-state index contributed by atoms with van der Waals surface area (Å²) in [7, 11) is 0. The summed E-state index contributed by atoms with van der Waals surface area (Å²) >= 11 is 0. The summed E-state index contributed by atoms with van der Waals surface area (Å²) in [4.78, 5) is 52.0. The van der Waals surface area contributed by atoms with Crippen molar-refractivity contribution in [3.05, 3.63) is 94.9 Å². The molecule has 2 aromatic carbocycles. The summed E-state index contributed by atoms with van der Waals surface area (Å²) < 4.78 is 10.6. The highest BCUT2D eigenvalue weighted by Gasteiger charge is 2.36.